The minimum absolute atomic E-state index is 0.280. The Hall–Kier alpha value is -2.72. The van der Waals surface area contributed by atoms with E-state index in [1.54, 1.807) is 0 Å². The second-order valence-electron chi connectivity index (χ2n) is 6.88. The van der Waals surface area contributed by atoms with Crippen molar-refractivity contribution < 1.29 is 0 Å². The van der Waals surface area contributed by atoms with Crippen LogP contribution in [0.5, 0.6) is 0 Å². The van der Waals surface area contributed by atoms with Gasteiger partial charge < -0.3 is 21.3 Å². The van der Waals surface area contributed by atoms with Crippen LogP contribution in [0.1, 0.15) is 31.4 Å². The molecule has 0 unspecified atom stereocenters. The van der Waals surface area contributed by atoms with Crippen molar-refractivity contribution in [2.75, 3.05) is 18.5 Å². The van der Waals surface area contributed by atoms with Gasteiger partial charge in [-0.25, -0.2) is 0 Å². The predicted octanol–water partition coefficient (Wildman–Crippen LogP) is 4.04. The molecule has 136 valence electrons. The average molecular weight is 348 g/mol. The summed E-state index contributed by atoms with van der Waals surface area (Å²) in [6.45, 7) is 9.50. The molecule has 1 aliphatic heterocycles. The van der Waals surface area contributed by atoms with Crippen LogP contribution in [-0.2, 0) is 0 Å². The highest BCUT2D eigenvalue weighted by molar-refractivity contribution is 6.00. The molecule has 2 aromatic rings. The molecule has 3 rings (SSSR count). The quantitative estimate of drug-likeness (QED) is 0.737. The number of hydrogen-bond donors (Lipinski definition) is 3. The van der Waals surface area contributed by atoms with E-state index >= 15 is 0 Å². The summed E-state index contributed by atoms with van der Waals surface area (Å²) >= 11 is 0. The molecular weight excluding hydrogens is 320 g/mol. The van der Waals surface area contributed by atoms with Crippen molar-refractivity contribution in [3.05, 3.63) is 71.9 Å². The van der Waals surface area contributed by atoms with Crippen LogP contribution < -0.4 is 21.3 Å². The van der Waals surface area contributed by atoms with Gasteiger partial charge in [0.2, 0.25) is 0 Å². The molecule has 26 heavy (non-hydrogen) atoms. The van der Waals surface area contributed by atoms with Crippen molar-refractivity contribution in [3.63, 3.8) is 0 Å². The van der Waals surface area contributed by atoms with Crippen molar-refractivity contribution >= 4 is 22.8 Å². The molecule has 0 aromatic heterocycles. The molecule has 0 saturated carbocycles. The maximum Gasteiger partial charge on any atom is 0.0677 e. The Morgan fingerprint density at radius 3 is 2.23 bits per heavy atom. The van der Waals surface area contributed by atoms with Crippen LogP contribution in [0.25, 0.3) is 11.4 Å². The number of benzene rings is 2. The van der Waals surface area contributed by atoms with Gasteiger partial charge in [-0.3, -0.25) is 0 Å². The second-order valence-corrected chi connectivity index (χ2v) is 6.88. The molecule has 4 heteroatoms. The molecule has 0 fully saturated rings. The summed E-state index contributed by atoms with van der Waals surface area (Å²) in [7, 11) is 1.96. The van der Waals surface area contributed by atoms with Gasteiger partial charge in [0.15, 0.2) is 0 Å². The van der Waals surface area contributed by atoms with Gasteiger partial charge in [-0.2, -0.15) is 0 Å². The molecule has 0 aliphatic carbocycles. The van der Waals surface area contributed by atoms with Crippen molar-refractivity contribution in [1.29, 1.82) is 0 Å². The lowest BCUT2D eigenvalue weighted by molar-refractivity contribution is 0.717. The van der Waals surface area contributed by atoms with Gasteiger partial charge in [0, 0.05) is 29.4 Å². The molecule has 0 bridgehead atoms. The third kappa shape index (κ3) is 3.33. The summed E-state index contributed by atoms with van der Waals surface area (Å²) in [6.07, 6.45) is 0.853. The predicted molar refractivity (Wildman–Crippen MR) is 112 cm³/mol. The van der Waals surface area contributed by atoms with Gasteiger partial charge in [-0.05, 0) is 39.4 Å². The maximum absolute atomic E-state index is 6.66. The zero-order valence-corrected chi connectivity index (χ0v) is 15.8. The lowest BCUT2D eigenvalue weighted by Gasteiger charge is -2.29. The van der Waals surface area contributed by atoms with Crippen LogP contribution >= 0.6 is 0 Å². The summed E-state index contributed by atoms with van der Waals surface area (Å²) < 4.78 is 0. The fraction of sp³-hybridized carbons (Fsp3) is 0.273. The van der Waals surface area contributed by atoms with E-state index in [4.69, 9.17) is 5.73 Å². The minimum atomic E-state index is 0.280. The summed E-state index contributed by atoms with van der Waals surface area (Å²) in [5, 5.41) is 6.77. The van der Waals surface area contributed by atoms with Crippen molar-refractivity contribution in [2.24, 2.45) is 5.73 Å². The lowest BCUT2D eigenvalue weighted by atomic mass is 10.0. The van der Waals surface area contributed by atoms with Crippen molar-refractivity contribution in [2.45, 2.75) is 26.3 Å². The Morgan fingerprint density at radius 1 is 1.04 bits per heavy atom. The summed E-state index contributed by atoms with van der Waals surface area (Å²) in [4.78, 5) is 2.24. The number of nitrogens with two attached hydrogens (primary N) is 1. The monoisotopic (exact) mass is 348 g/mol. The zero-order valence-electron chi connectivity index (χ0n) is 15.8. The Kier molecular flexibility index (Phi) is 5.33. The standard InChI is InChI=1S/C22H28N4/c1-15(2)25-22-18-10-6-8-12-20(18)26(16(3)13-14-24-4)19-11-7-5-9-17(19)21(22)23/h5-12,15,24-25H,3,13-14,23H2,1-2,4H3. The molecule has 0 spiro atoms. The highest BCUT2D eigenvalue weighted by Crippen LogP contribution is 2.43. The van der Waals surface area contributed by atoms with E-state index in [9.17, 15) is 0 Å². The number of hydrogen-bond acceptors (Lipinski definition) is 4. The fourth-order valence-electron chi connectivity index (χ4n) is 3.35. The average Bonchev–Trinajstić information content (AvgIpc) is 2.74. The van der Waals surface area contributed by atoms with Crippen LogP contribution in [0, 0.1) is 0 Å². The van der Waals surface area contributed by atoms with E-state index in [0.717, 1.165) is 52.6 Å². The first kappa shape index (κ1) is 18.1. The first-order valence-corrected chi connectivity index (χ1v) is 9.12. The molecular formula is C22H28N4. The smallest absolute Gasteiger partial charge is 0.0677 e. The van der Waals surface area contributed by atoms with Crippen LogP contribution in [0.2, 0.25) is 0 Å². The third-order valence-electron chi connectivity index (χ3n) is 4.53. The van der Waals surface area contributed by atoms with Gasteiger partial charge in [-0.15, -0.1) is 0 Å². The summed E-state index contributed by atoms with van der Waals surface area (Å²) in [6, 6.07) is 16.9. The van der Waals surface area contributed by atoms with Crippen LogP contribution in [0.15, 0.2) is 60.8 Å². The van der Waals surface area contributed by atoms with E-state index in [1.165, 1.54) is 0 Å². The molecule has 4 nitrogen and oxygen atoms in total. The van der Waals surface area contributed by atoms with Gasteiger partial charge in [0.25, 0.3) is 0 Å². The maximum atomic E-state index is 6.66. The van der Waals surface area contributed by atoms with Crippen molar-refractivity contribution in [3.8, 4) is 0 Å². The Balaban J connectivity index is 2.25. The minimum Gasteiger partial charge on any atom is -0.396 e. The highest BCUT2D eigenvalue weighted by atomic mass is 15.2. The first-order valence-electron chi connectivity index (χ1n) is 9.12. The van der Waals surface area contributed by atoms with Gasteiger partial charge >= 0.3 is 0 Å². The van der Waals surface area contributed by atoms with Gasteiger partial charge in [-0.1, -0.05) is 43.0 Å². The SMILES string of the molecule is C=C(CCNC)N1c2ccccc2C(N)=C(NC(C)C)c2ccccc21. The van der Waals surface area contributed by atoms with Gasteiger partial charge in [0.05, 0.1) is 22.8 Å². The fourth-order valence-corrected chi connectivity index (χ4v) is 3.35. The normalized spacial score (nSPS) is 13.3. The molecule has 1 heterocycles. The Labute approximate surface area is 156 Å². The number of nitrogens with zero attached hydrogens (tertiary/aromatic N) is 1. The zero-order chi connectivity index (χ0) is 18.7. The summed E-state index contributed by atoms with van der Waals surface area (Å²) in [5.41, 5.74) is 13.7. The molecule has 0 saturated heterocycles. The number of fused-ring (bicyclic) bond motifs is 2. The first-order chi connectivity index (χ1) is 12.5. The number of para-hydroxylation sites is 2. The van der Waals surface area contributed by atoms with E-state index in [1.807, 2.05) is 19.2 Å². The topological polar surface area (TPSA) is 53.3 Å². The molecule has 0 radical (unpaired) electrons. The molecule has 0 atom stereocenters. The van der Waals surface area contributed by atoms with Gasteiger partial charge in [0.1, 0.15) is 0 Å². The molecule has 4 N–H and O–H groups in total. The highest BCUT2D eigenvalue weighted by Gasteiger charge is 2.26. The van der Waals surface area contributed by atoms with Crippen LogP contribution in [0.4, 0.5) is 11.4 Å². The van der Waals surface area contributed by atoms with Crippen molar-refractivity contribution in [1.82, 2.24) is 10.6 Å². The van der Waals surface area contributed by atoms with Crippen LogP contribution in [-0.4, -0.2) is 19.6 Å². The molecule has 2 aromatic carbocycles. The van der Waals surface area contributed by atoms with E-state index < -0.39 is 0 Å². The largest absolute Gasteiger partial charge is 0.396 e. The number of nitrogens with one attached hydrogen (secondary N) is 2. The summed E-state index contributed by atoms with van der Waals surface area (Å²) in [5.74, 6) is 0. The van der Waals surface area contributed by atoms with Crippen LogP contribution in [0.3, 0.4) is 0 Å². The molecule has 1 aliphatic rings. The lowest BCUT2D eigenvalue weighted by Crippen LogP contribution is -2.24. The number of anilines is 2. The number of rotatable bonds is 6. The second kappa shape index (κ2) is 7.67. The Morgan fingerprint density at radius 2 is 1.62 bits per heavy atom. The van der Waals surface area contributed by atoms with E-state index in [-0.39, 0.29) is 6.04 Å². The van der Waals surface area contributed by atoms with E-state index in [2.05, 4.69) is 72.4 Å². The van der Waals surface area contributed by atoms with E-state index in [0.29, 0.717) is 0 Å². The third-order valence-corrected chi connectivity index (χ3v) is 4.53. The Bertz CT molecular complexity index is 836. The molecule has 0 amide bonds.